The highest BCUT2D eigenvalue weighted by Gasteiger charge is 2.10. The molecule has 3 aromatic carbocycles. The Bertz CT molecular complexity index is 1060. The van der Waals surface area contributed by atoms with Gasteiger partial charge in [0.05, 0.1) is 0 Å². The molecule has 1 heterocycles. The van der Waals surface area contributed by atoms with Crippen LogP contribution >= 0.6 is 0 Å². The fourth-order valence-corrected chi connectivity index (χ4v) is 3.19. The Morgan fingerprint density at radius 2 is 1.21 bits per heavy atom. The van der Waals surface area contributed by atoms with Crippen molar-refractivity contribution in [3.8, 4) is 34.0 Å². The maximum absolute atomic E-state index is 5.83. The molecule has 0 unspecified atom stereocenters. The first-order chi connectivity index (χ1) is 13.7. The average Bonchev–Trinajstić information content (AvgIpc) is 3.25. The van der Waals surface area contributed by atoms with Gasteiger partial charge in [-0.15, -0.1) is 10.2 Å². The first-order valence-electron chi connectivity index (χ1n) is 9.52. The van der Waals surface area contributed by atoms with E-state index in [-0.39, 0.29) is 0 Å². The lowest BCUT2D eigenvalue weighted by molar-refractivity contribution is 0.584. The van der Waals surface area contributed by atoms with E-state index in [0.29, 0.717) is 11.8 Å². The van der Waals surface area contributed by atoms with Crippen LogP contribution in [0.4, 0.5) is 0 Å². The van der Waals surface area contributed by atoms with Gasteiger partial charge in [0.1, 0.15) is 0 Å². The van der Waals surface area contributed by atoms with Gasteiger partial charge in [0.25, 0.3) is 0 Å². The maximum atomic E-state index is 5.83. The predicted octanol–water partition coefficient (Wildman–Crippen LogP) is 6.88. The number of rotatable bonds is 6. The molecule has 1 aromatic heterocycles. The van der Waals surface area contributed by atoms with Gasteiger partial charge >= 0.3 is 0 Å². The standard InChI is InChI=1S/C25H22N2O/c1-3-7-18(2)19-10-12-20(13-11-19)21-14-16-23(17-15-21)25-27-26-24(28-25)22-8-5-4-6-9-22/h4-6,8-17H,2-3,7H2,1H3. The Balaban J connectivity index is 1.53. The summed E-state index contributed by atoms with van der Waals surface area (Å²) < 4.78 is 5.83. The van der Waals surface area contributed by atoms with Crippen LogP contribution in [0.2, 0.25) is 0 Å². The largest absolute Gasteiger partial charge is 0.416 e. The van der Waals surface area contributed by atoms with E-state index in [1.807, 2.05) is 42.5 Å². The molecule has 0 atom stereocenters. The number of allylic oxidation sites excluding steroid dienone is 1. The normalized spacial score (nSPS) is 10.8. The van der Waals surface area contributed by atoms with Crippen LogP contribution in [0.5, 0.6) is 0 Å². The highest BCUT2D eigenvalue weighted by molar-refractivity contribution is 5.71. The molecule has 0 fully saturated rings. The molecule has 0 aliphatic rings. The molecule has 0 saturated heterocycles. The van der Waals surface area contributed by atoms with Gasteiger partial charge in [-0.25, -0.2) is 0 Å². The molecule has 0 saturated carbocycles. The lowest BCUT2D eigenvalue weighted by Gasteiger charge is -2.07. The first kappa shape index (κ1) is 17.9. The molecule has 3 nitrogen and oxygen atoms in total. The molecule has 0 radical (unpaired) electrons. The van der Waals surface area contributed by atoms with Crippen molar-refractivity contribution in [2.45, 2.75) is 19.8 Å². The first-order valence-corrected chi connectivity index (χ1v) is 9.52. The second-order valence-corrected chi connectivity index (χ2v) is 6.79. The van der Waals surface area contributed by atoms with Crippen molar-refractivity contribution >= 4 is 5.57 Å². The maximum Gasteiger partial charge on any atom is 0.248 e. The van der Waals surface area contributed by atoms with E-state index in [9.17, 15) is 0 Å². The molecule has 3 heteroatoms. The average molecular weight is 366 g/mol. The Kier molecular flexibility index (Phi) is 5.16. The molecule has 4 aromatic rings. The van der Waals surface area contributed by atoms with Crippen LogP contribution in [0.15, 0.2) is 89.9 Å². The third-order valence-corrected chi connectivity index (χ3v) is 4.76. The van der Waals surface area contributed by atoms with E-state index in [2.05, 4.69) is 60.1 Å². The van der Waals surface area contributed by atoms with E-state index in [0.717, 1.165) is 29.5 Å². The van der Waals surface area contributed by atoms with Crippen LogP contribution in [0, 0.1) is 0 Å². The minimum Gasteiger partial charge on any atom is -0.416 e. The zero-order valence-corrected chi connectivity index (χ0v) is 15.9. The minimum absolute atomic E-state index is 0.525. The summed E-state index contributed by atoms with van der Waals surface area (Å²) >= 11 is 0. The molecule has 28 heavy (non-hydrogen) atoms. The van der Waals surface area contributed by atoms with Crippen LogP contribution in [-0.4, -0.2) is 10.2 Å². The smallest absolute Gasteiger partial charge is 0.248 e. The number of aromatic nitrogens is 2. The van der Waals surface area contributed by atoms with Crippen molar-refractivity contribution < 1.29 is 4.42 Å². The summed E-state index contributed by atoms with van der Waals surface area (Å²) in [6.45, 7) is 6.34. The van der Waals surface area contributed by atoms with E-state index in [1.54, 1.807) is 0 Å². The summed E-state index contributed by atoms with van der Waals surface area (Å²) in [6, 6.07) is 26.6. The number of hydrogen-bond acceptors (Lipinski definition) is 3. The lowest BCUT2D eigenvalue weighted by Crippen LogP contribution is -1.84. The quantitative estimate of drug-likeness (QED) is 0.373. The zero-order valence-electron chi connectivity index (χ0n) is 15.9. The van der Waals surface area contributed by atoms with Gasteiger partial charge in [0.15, 0.2) is 0 Å². The Hall–Kier alpha value is -3.46. The second-order valence-electron chi connectivity index (χ2n) is 6.79. The van der Waals surface area contributed by atoms with Gasteiger partial charge in [0, 0.05) is 11.1 Å². The van der Waals surface area contributed by atoms with Crippen LogP contribution < -0.4 is 0 Å². The van der Waals surface area contributed by atoms with E-state index in [1.165, 1.54) is 16.7 Å². The van der Waals surface area contributed by atoms with Crippen molar-refractivity contribution in [2.24, 2.45) is 0 Å². The number of nitrogens with zero attached hydrogens (tertiary/aromatic N) is 2. The molecule has 0 aliphatic heterocycles. The van der Waals surface area contributed by atoms with E-state index >= 15 is 0 Å². The van der Waals surface area contributed by atoms with Crippen molar-refractivity contribution in [1.29, 1.82) is 0 Å². The lowest BCUT2D eigenvalue weighted by atomic mass is 9.98. The van der Waals surface area contributed by atoms with Crippen molar-refractivity contribution in [3.63, 3.8) is 0 Å². The summed E-state index contributed by atoms with van der Waals surface area (Å²) in [5.41, 5.74) is 6.56. The monoisotopic (exact) mass is 366 g/mol. The number of benzene rings is 3. The van der Waals surface area contributed by atoms with E-state index < -0.39 is 0 Å². The molecule has 0 N–H and O–H groups in total. The Morgan fingerprint density at radius 3 is 1.79 bits per heavy atom. The fraction of sp³-hybridized carbons (Fsp3) is 0.120. The van der Waals surface area contributed by atoms with Crippen LogP contribution in [0.1, 0.15) is 25.3 Å². The third-order valence-electron chi connectivity index (χ3n) is 4.76. The molecule has 0 bridgehead atoms. The topological polar surface area (TPSA) is 38.9 Å². The molecule has 0 spiro atoms. The molecule has 4 rings (SSSR count). The fourth-order valence-electron chi connectivity index (χ4n) is 3.19. The van der Waals surface area contributed by atoms with Crippen molar-refractivity contribution in [3.05, 3.63) is 91.0 Å². The molecular formula is C25H22N2O. The highest BCUT2D eigenvalue weighted by atomic mass is 16.4. The van der Waals surface area contributed by atoms with Gasteiger partial charge in [-0.05, 0) is 52.9 Å². The summed E-state index contributed by atoms with van der Waals surface area (Å²) in [5.74, 6) is 1.05. The highest BCUT2D eigenvalue weighted by Crippen LogP contribution is 2.28. The Morgan fingerprint density at radius 1 is 0.714 bits per heavy atom. The number of hydrogen-bond donors (Lipinski definition) is 0. The zero-order chi connectivity index (χ0) is 19.3. The van der Waals surface area contributed by atoms with Gasteiger partial charge in [0.2, 0.25) is 11.8 Å². The van der Waals surface area contributed by atoms with Crippen LogP contribution in [0.25, 0.3) is 39.6 Å². The Labute approximate surface area is 165 Å². The minimum atomic E-state index is 0.525. The molecule has 0 amide bonds. The summed E-state index contributed by atoms with van der Waals surface area (Å²) in [5, 5.41) is 8.35. The van der Waals surface area contributed by atoms with Crippen molar-refractivity contribution in [2.75, 3.05) is 0 Å². The van der Waals surface area contributed by atoms with Gasteiger partial charge in [-0.2, -0.15) is 0 Å². The second kappa shape index (κ2) is 8.05. The predicted molar refractivity (Wildman–Crippen MR) is 115 cm³/mol. The SMILES string of the molecule is C=C(CCC)c1ccc(-c2ccc(-c3nnc(-c4ccccc4)o3)cc2)cc1. The van der Waals surface area contributed by atoms with Gasteiger partial charge in [-0.3, -0.25) is 0 Å². The summed E-state index contributed by atoms with van der Waals surface area (Å²) in [6.07, 6.45) is 2.15. The van der Waals surface area contributed by atoms with Gasteiger partial charge < -0.3 is 4.42 Å². The van der Waals surface area contributed by atoms with Crippen LogP contribution in [-0.2, 0) is 0 Å². The molecular weight excluding hydrogens is 344 g/mol. The van der Waals surface area contributed by atoms with Crippen molar-refractivity contribution in [1.82, 2.24) is 10.2 Å². The summed E-state index contributed by atoms with van der Waals surface area (Å²) in [4.78, 5) is 0. The third kappa shape index (κ3) is 3.79. The molecule has 138 valence electrons. The van der Waals surface area contributed by atoms with Crippen LogP contribution in [0.3, 0.4) is 0 Å². The summed E-state index contributed by atoms with van der Waals surface area (Å²) in [7, 11) is 0. The molecule has 0 aliphatic carbocycles. The van der Waals surface area contributed by atoms with Gasteiger partial charge in [-0.1, -0.05) is 74.5 Å². The van der Waals surface area contributed by atoms with E-state index in [4.69, 9.17) is 4.42 Å².